The van der Waals surface area contributed by atoms with Crippen LogP contribution in [0.2, 0.25) is 5.02 Å². The number of benzene rings is 2. The van der Waals surface area contributed by atoms with Gasteiger partial charge < -0.3 is 10.5 Å². The van der Waals surface area contributed by atoms with Gasteiger partial charge >= 0.3 is 0 Å². The van der Waals surface area contributed by atoms with Gasteiger partial charge in [0.1, 0.15) is 0 Å². The minimum Gasteiger partial charge on any atom is -0.452 e. The molecule has 0 aliphatic carbocycles. The number of anilines is 1. The highest BCUT2D eigenvalue weighted by Gasteiger charge is 2.08. The molecule has 0 aliphatic rings. The smallest absolute Gasteiger partial charge is 0.165 e. The maximum Gasteiger partial charge on any atom is 0.165 e. The van der Waals surface area contributed by atoms with Crippen molar-refractivity contribution in [2.75, 3.05) is 5.73 Å². The molecule has 0 fully saturated rings. The molecular weight excluding hydrogens is 308 g/mol. The van der Waals surface area contributed by atoms with Crippen molar-refractivity contribution in [2.24, 2.45) is 0 Å². The minimum absolute atomic E-state index is 0.0911. The summed E-state index contributed by atoms with van der Waals surface area (Å²) in [4.78, 5) is 0. The fourth-order valence-electron chi connectivity index (χ4n) is 1.27. The summed E-state index contributed by atoms with van der Waals surface area (Å²) >= 11 is 9.05. The zero-order valence-corrected chi connectivity index (χ0v) is 10.9. The van der Waals surface area contributed by atoms with Crippen LogP contribution in [0.3, 0.4) is 0 Å². The molecule has 2 nitrogen and oxygen atoms in total. The van der Waals surface area contributed by atoms with E-state index >= 15 is 0 Å². The van der Waals surface area contributed by atoms with Crippen molar-refractivity contribution in [2.45, 2.75) is 0 Å². The predicted octanol–water partition coefficient (Wildman–Crippen LogP) is 4.62. The van der Waals surface area contributed by atoms with Crippen LogP contribution in [0.25, 0.3) is 0 Å². The normalized spacial score (nSPS) is 10.3. The van der Waals surface area contributed by atoms with E-state index in [1.807, 2.05) is 0 Å². The zero-order valence-electron chi connectivity index (χ0n) is 8.58. The van der Waals surface area contributed by atoms with Crippen LogP contribution in [0.5, 0.6) is 11.5 Å². The molecule has 0 aromatic heterocycles. The summed E-state index contributed by atoms with van der Waals surface area (Å²) in [5, 5.41) is 0.476. The first-order chi connectivity index (χ1) is 8.06. The summed E-state index contributed by atoms with van der Waals surface area (Å²) in [6.07, 6.45) is 0. The lowest BCUT2D eigenvalue weighted by atomic mass is 10.3. The van der Waals surface area contributed by atoms with Crippen LogP contribution in [0.1, 0.15) is 0 Å². The Hall–Kier alpha value is -1.26. The van der Waals surface area contributed by atoms with Crippen LogP contribution in [-0.4, -0.2) is 0 Å². The molecule has 2 rings (SSSR count). The molecular formula is C12H8BrClFNO. The van der Waals surface area contributed by atoms with Crippen molar-refractivity contribution in [3.8, 4) is 11.5 Å². The second-order valence-electron chi connectivity index (χ2n) is 3.36. The molecule has 5 heteroatoms. The average Bonchev–Trinajstić information content (AvgIpc) is 2.28. The molecule has 88 valence electrons. The number of hydrogen-bond acceptors (Lipinski definition) is 2. The summed E-state index contributed by atoms with van der Waals surface area (Å²) in [5.41, 5.74) is 6.10. The Bertz CT molecular complexity index is 513. The molecule has 2 aromatic rings. The summed E-state index contributed by atoms with van der Waals surface area (Å²) in [7, 11) is 0. The van der Waals surface area contributed by atoms with Gasteiger partial charge in [0, 0.05) is 15.6 Å². The van der Waals surface area contributed by atoms with E-state index in [0.29, 0.717) is 16.5 Å². The van der Waals surface area contributed by atoms with Crippen molar-refractivity contribution < 1.29 is 9.13 Å². The van der Waals surface area contributed by atoms with Gasteiger partial charge in [0.25, 0.3) is 0 Å². The standard InChI is InChI=1S/C12H8BrClFNO/c13-7-1-3-9(15)11(5-7)17-12-6-8(14)2-4-10(12)16/h1-6H,16H2. The van der Waals surface area contributed by atoms with E-state index in [-0.39, 0.29) is 5.75 Å². The van der Waals surface area contributed by atoms with E-state index in [9.17, 15) is 4.39 Å². The Morgan fingerprint density at radius 2 is 1.88 bits per heavy atom. The number of hydrogen-bond donors (Lipinski definition) is 1. The van der Waals surface area contributed by atoms with Gasteiger partial charge in [-0.1, -0.05) is 27.5 Å². The van der Waals surface area contributed by atoms with Crippen LogP contribution >= 0.6 is 27.5 Å². The zero-order chi connectivity index (χ0) is 12.4. The maximum absolute atomic E-state index is 13.5. The minimum atomic E-state index is -0.465. The third-order valence-electron chi connectivity index (χ3n) is 2.09. The van der Waals surface area contributed by atoms with Gasteiger partial charge in [-0.05, 0) is 30.3 Å². The first-order valence-corrected chi connectivity index (χ1v) is 5.91. The van der Waals surface area contributed by atoms with E-state index in [1.54, 1.807) is 18.2 Å². The SMILES string of the molecule is Nc1ccc(Cl)cc1Oc1cc(Br)ccc1F. The summed E-state index contributed by atoms with van der Waals surface area (Å²) in [6, 6.07) is 9.20. The monoisotopic (exact) mass is 315 g/mol. The fourth-order valence-corrected chi connectivity index (χ4v) is 1.77. The van der Waals surface area contributed by atoms with E-state index in [4.69, 9.17) is 22.1 Å². The van der Waals surface area contributed by atoms with Crippen LogP contribution in [0.4, 0.5) is 10.1 Å². The highest BCUT2D eigenvalue weighted by atomic mass is 79.9. The van der Waals surface area contributed by atoms with Crippen LogP contribution in [0, 0.1) is 5.82 Å². The van der Waals surface area contributed by atoms with Crippen LogP contribution in [0.15, 0.2) is 40.9 Å². The molecule has 0 unspecified atom stereocenters. The van der Waals surface area contributed by atoms with E-state index in [0.717, 1.165) is 4.47 Å². The van der Waals surface area contributed by atoms with Gasteiger partial charge in [0.15, 0.2) is 17.3 Å². The second-order valence-corrected chi connectivity index (χ2v) is 4.71. The number of ether oxygens (including phenoxy) is 1. The van der Waals surface area contributed by atoms with Crippen molar-refractivity contribution in [3.63, 3.8) is 0 Å². The van der Waals surface area contributed by atoms with Crippen molar-refractivity contribution in [1.29, 1.82) is 0 Å². The van der Waals surface area contributed by atoms with Crippen molar-refractivity contribution in [1.82, 2.24) is 0 Å². The second kappa shape index (κ2) is 4.94. The molecule has 0 atom stereocenters. The fraction of sp³-hybridized carbons (Fsp3) is 0. The van der Waals surface area contributed by atoms with Crippen LogP contribution in [-0.2, 0) is 0 Å². The Morgan fingerprint density at radius 3 is 2.65 bits per heavy atom. The molecule has 0 bridgehead atoms. The molecule has 2 N–H and O–H groups in total. The van der Waals surface area contributed by atoms with E-state index < -0.39 is 5.82 Å². The number of rotatable bonds is 2. The maximum atomic E-state index is 13.5. The highest BCUT2D eigenvalue weighted by Crippen LogP contribution is 2.32. The summed E-state index contributed by atoms with van der Waals surface area (Å²) in [6.45, 7) is 0. The van der Waals surface area contributed by atoms with Gasteiger partial charge in [-0.3, -0.25) is 0 Å². The Morgan fingerprint density at radius 1 is 1.12 bits per heavy atom. The molecule has 0 saturated carbocycles. The Labute approximate surface area is 111 Å². The Balaban J connectivity index is 2.37. The van der Waals surface area contributed by atoms with Gasteiger partial charge in [-0.25, -0.2) is 4.39 Å². The van der Waals surface area contributed by atoms with Gasteiger partial charge in [-0.15, -0.1) is 0 Å². The van der Waals surface area contributed by atoms with E-state index in [2.05, 4.69) is 15.9 Å². The number of nitrogens with two attached hydrogens (primary N) is 1. The largest absolute Gasteiger partial charge is 0.452 e. The van der Waals surface area contributed by atoms with Crippen molar-refractivity contribution in [3.05, 3.63) is 51.7 Å². The Kier molecular flexibility index (Phi) is 3.54. The van der Waals surface area contributed by atoms with Gasteiger partial charge in [0.2, 0.25) is 0 Å². The third kappa shape index (κ3) is 2.90. The first-order valence-electron chi connectivity index (χ1n) is 4.74. The van der Waals surface area contributed by atoms with E-state index in [1.165, 1.54) is 18.2 Å². The lowest BCUT2D eigenvalue weighted by molar-refractivity contribution is 0.444. The number of halogens is 3. The molecule has 2 aromatic carbocycles. The molecule has 0 heterocycles. The van der Waals surface area contributed by atoms with Crippen LogP contribution < -0.4 is 10.5 Å². The van der Waals surface area contributed by atoms with Crippen molar-refractivity contribution >= 4 is 33.2 Å². The van der Waals surface area contributed by atoms with Gasteiger partial charge in [0.05, 0.1) is 5.69 Å². The average molecular weight is 317 g/mol. The molecule has 17 heavy (non-hydrogen) atoms. The van der Waals surface area contributed by atoms with Gasteiger partial charge in [-0.2, -0.15) is 0 Å². The molecule has 0 aliphatic heterocycles. The highest BCUT2D eigenvalue weighted by molar-refractivity contribution is 9.10. The lowest BCUT2D eigenvalue weighted by Crippen LogP contribution is -1.93. The first kappa shape index (κ1) is 12.2. The quantitative estimate of drug-likeness (QED) is 0.821. The number of nitrogen functional groups attached to an aromatic ring is 1. The lowest BCUT2D eigenvalue weighted by Gasteiger charge is -2.09. The topological polar surface area (TPSA) is 35.2 Å². The molecule has 0 spiro atoms. The molecule has 0 radical (unpaired) electrons. The third-order valence-corrected chi connectivity index (χ3v) is 2.82. The molecule has 0 saturated heterocycles. The summed E-state index contributed by atoms with van der Waals surface area (Å²) < 4.78 is 19.6. The predicted molar refractivity (Wildman–Crippen MR) is 70.0 cm³/mol. The summed E-state index contributed by atoms with van der Waals surface area (Å²) in [5.74, 6) is -0.0459. The molecule has 0 amide bonds.